The molecule has 42 heavy (non-hydrogen) atoms. The molecule has 6 rings (SSSR count). The number of alkyl halides is 4. The third kappa shape index (κ3) is 5.66. The van der Waals surface area contributed by atoms with E-state index in [0.29, 0.717) is 57.2 Å². The molecule has 0 radical (unpaired) electrons. The summed E-state index contributed by atoms with van der Waals surface area (Å²) in [5, 5.41) is 6.87. The lowest BCUT2D eigenvalue weighted by Gasteiger charge is -2.33. The van der Waals surface area contributed by atoms with Crippen LogP contribution < -0.4 is 15.4 Å². The van der Waals surface area contributed by atoms with E-state index in [2.05, 4.69) is 22.5 Å². The molecule has 2 fully saturated rings. The number of benzene rings is 2. The van der Waals surface area contributed by atoms with Crippen molar-refractivity contribution in [3.8, 4) is 17.6 Å². The van der Waals surface area contributed by atoms with Crippen LogP contribution in [0.25, 0.3) is 10.1 Å². The minimum atomic E-state index is -4.43. The summed E-state index contributed by atoms with van der Waals surface area (Å²) in [6, 6.07) is 7.91. The van der Waals surface area contributed by atoms with Crippen molar-refractivity contribution in [2.24, 2.45) is 0 Å². The van der Waals surface area contributed by atoms with Crippen molar-refractivity contribution in [1.29, 1.82) is 0 Å². The van der Waals surface area contributed by atoms with Gasteiger partial charge in [-0.25, -0.2) is 12.8 Å². The molecule has 0 bridgehead atoms. The molecule has 1 aromatic heterocycles. The molecule has 0 amide bonds. The molecule has 2 aromatic carbocycles. The van der Waals surface area contributed by atoms with Gasteiger partial charge in [-0.2, -0.15) is 13.2 Å². The average Bonchev–Trinajstić information content (AvgIpc) is 3.48. The van der Waals surface area contributed by atoms with Crippen LogP contribution in [-0.4, -0.2) is 71.3 Å². The average molecular weight is 622 g/mol. The predicted molar refractivity (Wildman–Crippen MR) is 157 cm³/mol. The van der Waals surface area contributed by atoms with Gasteiger partial charge in [-0.3, -0.25) is 0 Å². The highest BCUT2D eigenvalue weighted by Gasteiger charge is 2.53. The number of sulfone groups is 1. The minimum absolute atomic E-state index is 0.108. The molecule has 0 unspecified atom stereocenters. The second-order valence-electron chi connectivity index (χ2n) is 11.5. The first-order chi connectivity index (χ1) is 19.8. The first kappa shape index (κ1) is 29.1. The SMILES string of the molecule is CN1CC[C@@H](Nc2cccc3c(CC(F)(F)F)c(C#CCNc4ccc(S(C)(=O)=O)c5c4OCC54CC4)sc23)[C@@H](F)C1. The lowest BCUT2D eigenvalue weighted by Crippen LogP contribution is -2.46. The molecule has 2 N–H and O–H groups in total. The van der Waals surface area contributed by atoms with Crippen LogP contribution in [0.4, 0.5) is 28.9 Å². The molecule has 224 valence electrons. The fraction of sp³-hybridized carbons (Fsp3) is 0.467. The van der Waals surface area contributed by atoms with Gasteiger partial charge in [0.15, 0.2) is 9.84 Å². The first-order valence-electron chi connectivity index (χ1n) is 13.8. The van der Waals surface area contributed by atoms with Crippen LogP contribution in [0, 0.1) is 11.8 Å². The summed E-state index contributed by atoms with van der Waals surface area (Å²) in [6.07, 6.45) is -3.14. The second kappa shape index (κ2) is 10.6. The Hall–Kier alpha value is -3.01. The second-order valence-corrected chi connectivity index (χ2v) is 14.5. The van der Waals surface area contributed by atoms with Crippen LogP contribution in [0.5, 0.6) is 5.75 Å². The maximum atomic E-state index is 14.7. The number of piperidine rings is 1. The van der Waals surface area contributed by atoms with Crippen LogP contribution >= 0.6 is 11.3 Å². The maximum absolute atomic E-state index is 14.7. The van der Waals surface area contributed by atoms with Crippen LogP contribution in [0.1, 0.15) is 35.3 Å². The first-order valence-corrected chi connectivity index (χ1v) is 16.5. The van der Waals surface area contributed by atoms with Crippen molar-refractivity contribution < 1.29 is 30.7 Å². The Kier molecular flexibility index (Phi) is 7.35. The summed E-state index contributed by atoms with van der Waals surface area (Å²) in [7, 11) is -1.58. The van der Waals surface area contributed by atoms with Crippen molar-refractivity contribution in [2.45, 2.75) is 54.4 Å². The van der Waals surface area contributed by atoms with Gasteiger partial charge in [-0.05, 0) is 55.5 Å². The van der Waals surface area contributed by atoms with Crippen LogP contribution in [-0.2, 0) is 21.7 Å². The van der Waals surface area contributed by atoms with E-state index < -0.39 is 34.6 Å². The molecular weight excluding hydrogens is 590 g/mol. The number of nitrogens with one attached hydrogen (secondary N) is 2. The van der Waals surface area contributed by atoms with E-state index in [1.807, 2.05) is 11.9 Å². The number of halogens is 4. The molecule has 2 aliphatic heterocycles. The molecule has 1 aliphatic carbocycles. The molecule has 1 saturated carbocycles. The van der Waals surface area contributed by atoms with E-state index in [0.717, 1.165) is 19.4 Å². The topological polar surface area (TPSA) is 70.7 Å². The number of anilines is 2. The monoisotopic (exact) mass is 621 g/mol. The third-order valence-electron chi connectivity index (χ3n) is 8.25. The molecule has 12 heteroatoms. The number of hydrogen-bond acceptors (Lipinski definition) is 7. The maximum Gasteiger partial charge on any atom is 0.393 e. The predicted octanol–water partition coefficient (Wildman–Crippen LogP) is 5.75. The van der Waals surface area contributed by atoms with Gasteiger partial charge >= 0.3 is 6.18 Å². The molecule has 3 aliphatic rings. The van der Waals surface area contributed by atoms with Crippen molar-refractivity contribution in [3.63, 3.8) is 0 Å². The van der Waals surface area contributed by atoms with Gasteiger partial charge < -0.3 is 20.3 Å². The van der Waals surface area contributed by atoms with Gasteiger partial charge in [0.05, 0.1) is 51.5 Å². The number of fused-ring (bicyclic) bond motifs is 3. The molecule has 1 saturated heterocycles. The zero-order chi connectivity index (χ0) is 29.9. The highest BCUT2D eigenvalue weighted by Crippen LogP contribution is 2.59. The number of nitrogens with zero attached hydrogens (tertiary/aromatic N) is 1. The Morgan fingerprint density at radius 3 is 2.67 bits per heavy atom. The van der Waals surface area contributed by atoms with E-state index in [1.165, 1.54) is 17.6 Å². The minimum Gasteiger partial charge on any atom is -0.490 e. The largest absolute Gasteiger partial charge is 0.490 e. The Balaban J connectivity index is 1.28. The Labute approximate surface area is 246 Å². The van der Waals surface area contributed by atoms with E-state index in [-0.39, 0.29) is 22.4 Å². The van der Waals surface area contributed by atoms with Gasteiger partial charge in [0.2, 0.25) is 0 Å². The van der Waals surface area contributed by atoms with Crippen LogP contribution in [0.2, 0.25) is 0 Å². The number of hydrogen-bond donors (Lipinski definition) is 2. The van der Waals surface area contributed by atoms with Gasteiger partial charge in [-0.15, -0.1) is 11.3 Å². The Morgan fingerprint density at radius 1 is 1.19 bits per heavy atom. The number of rotatable bonds is 6. The summed E-state index contributed by atoms with van der Waals surface area (Å²) >= 11 is 1.17. The molecule has 3 heterocycles. The standard InChI is InChI=1S/C30H31F4N3O3S2/c1-37-14-10-21(20(31)16-37)36-23-6-3-5-18-19(15-30(32,33)34)24(41-28(18)23)7-4-13-35-22-8-9-25(42(2,38)39)26-27(22)40-17-29(26)11-12-29/h3,5-6,8-9,20-21,35-36H,10-17H2,1-2H3/t20-,21+/m0/s1. The summed E-state index contributed by atoms with van der Waals surface area (Å²) in [6.45, 7) is 1.57. The highest BCUT2D eigenvalue weighted by atomic mass is 32.2. The van der Waals surface area contributed by atoms with Crippen molar-refractivity contribution in [1.82, 2.24) is 4.90 Å². The van der Waals surface area contributed by atoms with E-state index in [1.54, 1.807) is 30.3 Å². The van der Waals surface area contributed by atoms with Gasteiger partial charge in [0, 0.05) is 30.3 Å². The fourth-order valence-corrected chi connectivity index (χ4v) is 8.10. The van der Waals surface area contributed by atoms with Gasteiger partial charge in [0.1, 0.15) is 11.9 Å². The molecule has 1 spiro atoms. The van der Waals surface area contributed by atoms with Gasteiger partial charge in [-0.1, -0.05) is 24.0 Å². The van der Waals surface area contributed by atoms with E-state index in [4.69, 9.17) is 4.74 Å². The number of likely N-dealkylation sites (tertiary alicyclic amines) is 1. The Morgan fingerprint density at radius 2 is 1.98 bits per heavy atom. The Bertz CT molecular complexity index is 1700. The quantitative estimate of drug-likeness (QED) is 0.270. The number of ether oxygens (including phenoxy) is 1. The van der Waals surface area contributed by atoms with E-state index >= 15 is 0 Å². The molecule has 2 atom stereocenters. The molecule has 6 nitrogen and oxygen atoms in total. The highest BCUT2D eigenvalue weighted by molar-refractivity contribution is 7.90. The normalized spacial score (nSPS) is 21.5. The molecular formula is C30H31F4N3O3S2. The zero-order valence-corrected chi connectivity index (χ0v) is 24.8. The van der Waals surface area contributed by atoms with Gasteiger partial charge in [0.25, 0.3) is 0 Å². The summed E-state index contributed by atoms with van der Waals surface area (Å²) in [5.74, 6) is 6.39. The van der Waals surface area contributed by atoms with Crippen molar-refractivity contribution in [2.75, 3.05) is 50.2 Å². The summed E-state index contributed by atoms with van der Waals surface area (Å²) in [5.41, 5.74) is 1.77. The van der Waals surface area contributed by atoms with E-state index in [9.17, 15) is 26.0 Å². The fourth-order valence-electron chi connectivity index (χ4n) is 5.94. The molecule has 3 aromatic rings. The van der Waals surface area contributed by atoms with Crippen molar-refractivity contribution in [3.05, 3.63) is 46.3 Å². The third-order valence-corrected chi connectivity index (χ3v) is 10.6. The van der Waals surface area contributed by atoms with Crippen molar-refractivity contribution >= 4 is 42.6 Å². The zero-order valence-electron chi connectivity index (χ0n) is 23.2. The summed E-state index contributed by atoms with van der Waals surface area (Å²) in [4.78, 5) is 2.50. The summed E-state index contributed by atoms with van der Waals surface area (Å²) < 4.78 is 87.0. The number of thiophene rings is 1. The lowest BCUT2D eigenvalue weighted by atomic mass is 9.98. The van der Waals surface area contributed by atoms with Crippen LogP contribution in [0.15, 0.2) is 35.2 Å². The smallest absolute Gasteiger partial charge is 0.393 e. The van der Waals surface area contributed by atoms with Crippen LogP contribution in [0.3, 0.4) is 0 Å². The lowest BCUT2D eigenvalue weighted by molar-refractivity contribution is -0.126.